The molecule has 3 rings (SSSR count). The van der Waals surface area contributed by atoms with Crippen LogP contribution in [-0.2, 0) is 19.1 Å². The second-order valence-corrected chi connectivity index (χ2v) is 4.75. The summed E-state index contributed by atoms with van der Waals surface area (Å²) in [5, 5.41) is 9.36. The summed E-state index contributed by atoms with van der Waals surface area (Å²) in [6.07, 6.45) is -1.05. The van der Waals surface area contributed by atoms with Crippen LogP contribution < -0.4 is 0 Å². The fraction of sp³-hybridized carbons (Fsp3) is 0.429. The average molecular weight is 262 g/mol. The van der Waals surface area contributed by atoms with Crippen LogP contribution in [0, 0.1) is 11.8 Å². The van der Waals surface area contributed by atoms with Gasteiger partial charge in [-0.3, -0.25) is 9.59 Å². The van der Waals surface area contributed by atoms with Crippen molar-refractivity contribution < 1.29 is 24.2 Å². The Labute approximate surface area is 110 Å². The van der Waals surface area contributed by atoms with Crippen molar-refractivity contribution in [1.29, 1.82) is 0 Å². The SMILES string of the molecule is CCOC(=O)[C@H]1[C@H](C(=O)O)[C@H]2O[C@@H]1c1ccccc12. The van der Waals surface area contributed by atoms with E-state index in [4.69, 9.17) is 9.47 Å². The normalized spacial score (nSPS) is 31.0. The highest BCUT2D eigenvalue weighted by Crippen LogP contribution is 2.57. The van der Waals surface area contributed by atoms with Crippen LogP contribution >= 0.6 is 0 Å². The Balaban J connectivity index is 2.02. The molecule has 1 aromatic carbocycles. The van der Waals surface area contributed by atoms with Gasteiger partial charge in [0.1, 0.15) is 11.8 Å². The van der Waals surface area contributed by atoms with Crippen LogP contribution in [0.25, 0.3) is 0 Å². The molecule has 2 aliphatic rings. The lowest BCUT2D eigenvalue weighted by Gasteiger charge is -2.25. The second kappa shape index (κ2) is 4.35. The Morgan fingerprint density at radius 3 is 2.32 bits per heavy atom. The third kappa shape index (κ3) is 1.65. The molecule has 19 heavy (non-hydrogen) atoms. The summed E-state index contributed by atoms with van der Waals surface area (Å²) in [4.78, 5) is 23.4. The van der Waals surface area contributed by atoms with Gasteiger partial charge in [-0.1, -0.05) is 24.3 Å². The standard InChI is InChI=1S/C14H14O5/c1-2-18-14(17)10-9(13(15)16)11-7-5-3-4-6-8(7)12(10)19-11/h3-6,9-12H,2H2,1H3,(H,15,16)/t9-,10-,11-,12+/m0/s1. The fourth-order valence-corrected chi connectivity index (χ4v) is 3.06. The predicted octanol–water partition coefficient (Wildman–Crippen LogP) is 1.69. The fourth-order valence-electron chi connectivity index (χ4n) is 3.06. The van der Waals surface area contributed by atoms with E-state index in [0.29, 0.717) is 0 Å². The van der Waals surface area contributed by atoms with Crippen LogP contribution in [0.2, 0.25) is 0 Å². The van der Waals surface area contributed by atoms with Crippen LogP contribution in [0.5, 0.6) is 0 Å². The summed E-state index contributed by atoms with van der Waals surface area (Å²) in [6, 6.07) is 7.45. The zero-order valence-corrected chi connectivity index (χ0v) is 10.4. The van der Waals surface area contributed by atoms with Gasteiger partial charge in [-0.05, 0) is 18.1 Å². The molecule has 2 heterocycles. The highest BCUT2D eigenvalue weighted by atomic mass is 16.5. The molecule has 0 aromatic heterocycles. The van der Waals surface area contributed by atoms with Gasteiger partial charge in [-0.15, -0.1) is 0 Å². The molecular weight excluding hydrogens is 248 g/mol. The molecule has 4 atom stereocenters. The quantitative estimate of drug-likeness (QED) is 0.839. The van der Waals surface area contributed by atoms with Crippen LogP contribution in [0.4, 0.5) is 0 Å². The first kappa shape index (κ1) is 12.2. The summed E-state index contributed by atoms with van der Waals surface area (Å²) >= 11 is 0. The number of carbonyl (C=O) groups is 2. The van der Waals surface area contributed by atoms with Gasteiger partial charge in [0.05, 0.1) is 18.8 Å². The molecule has 2 bridgehead atoms. The first-order valence-electron chi connectivity index (χ1n) is 6.29. The maximum Gasteiger partial charge on any atom is 0.312 e. The maximum absolute atomic E-state index is 12.0. The molecule has 0 saturated carbocycles. The number of ether oxygens (including phenoxy) is 2. The third-order valence-corrected chi connectivity index (χ3v) is 3.79. The number of benzene rings is 1. The summed E-state index contributed by atoms with van der Waals surface area (Å²) in [5.41, 5.74) is 1.78. The van der Waals surface area contributed by atoms with E-state index in [9.17, 15) is 14.7 Å². The summed E-state index contributed by atoms with van der Waals surface area (Å²) in [6.45, 7) is 1.94. The highest BCUT2D eigenvalue weighted by molar-refractivity contribution is 5.84. The third-order valence-electron chi connectivity index (χ3n) is 3.79. The molecule has 0 unspecified atom stereocenters. The van der Waals surface area contributed by atoms with Gasteiger partial charge >= 0.3 is 11.9 Å². The van der Waals surface area contributed by atoms with Gasteiger partial charge in [-0.25, -0.2) is 0 Å². The Morgan fingerprint density at radius 1 is 1.21 bits per heavy atom. The number of carboxylic acids is 1. The lowest BCUT2D eigenvalue weighted by molar-refractivity contribution is -0.157. The average Bonchev–Trinajstić information content (AvgIpc) is 2.95. The van der Waals surface area contributed by atoms with E-state index in [1.165, 1.54) is 0 Å². The molecule has 100 valence electrons. The number of carboxylic acid groups (broad SMARTS) is 1. The molecule has 0 aliphatic carbocycles. The predicted molar refractivity (Wildman–Crippen MR) is 64.3 cm³/mol. The number of hydrogen-bond acceptors (Lipinski definition) is 4. The van der Waals surface area contributed by atoms with Crippen molar-refractivity contribution in [2.75, 3.05) is 6.61 Å². The number of esters is 1. The molecule has 0 radical (unpaired) electrons. The van der Waals surface area contributed by atoms with Gasteiger partial charge in [0.2, 0.25) is 0 Å². The largest absolute Gasteiger partial charge is 0.481 e. The molecule has 5 nitrogen and oxygen atoms in total. The van der Waals surface area contributed by atoms with Gasteiger partial charge in [0, 0.05) is 0 Å². The van der Waals surface area contributed by atoms with Crippen LogP contribution in [0.15, 0.2) is 24.3 Å². The second-order valence-electron chi connectivity index (χ2n) is 4.75. The lowest BCUT2D eigenvalue weighted by Crippen LogP contribution is -2.35. The molecule has 1 fully saturated rings. The first-order valence-corrected chi connectivity index (χ1v) is 6.29. The number of aliphatic carboxylic acids is 1. The smallest absolute Gasteiger partial charge is 0.312 e. The Kier molecular flexibility index (Phi) is 2.78. The van der Waals surface area contributed by atoms with E-state index in [1.807, 2.05) is 24.3 Å². The van der Waals surface area contributed by atoms with E-state index in [-0.39, 0.29) is 6.61 Å². The van der Waals surface area contributed by atoms with Crippen molar-refractivity contribution in [1.82, 2.24) is 0 Å². The zero-order valence-electron chi connectivity index (χ0n) is 10.4. The molecule has 1 saturated heterocycles. The molecule has 1 aromatic rings. The molecule has 1 N–H and O–H groups in total. The molecular formula is C14H14O5. The molecule has 0 spiro atoms. The van der Waals surface area contributed by atoms with E-state index in [2.05, 4.69) is 0 Å². The van der Waals surface area contributed by atoms with Gasteiger partial charge in [0.15, 0.2) is 0 Å². The van der Waals surface area contributed by atoms with Crippen molar-refractivity contribution in [3.63, 3.8) is 0 Å². The number of carbonyl (C=O) groups excluding carboxylic acids is 1. The minimum atomic E-state index is -1.01. The maximum atomic E-state index is 12.0. The number of rotatable bonds is 3. The Morgan fingerprint density at radius 2 is 1.79 bits per heavy atom. The first-order chi connectivity index (χ1) is 9.15. The van der Waals surface area contributed by atoms with Crippen LogP contribution in [0.1, 0.15) is 30.3 Å². The van der Waals surface area contributed by atoms with Crippen LogP contribution in [0.3, 0.4) is 0 Å². The Hall–Kier alpha value is -1.88. The summed E-state index contributed by atoms with van der Waals surface area (Å²) < 4.78 is 10.7. The highest BCUT2D eigenvalue weighted by Gasteiger charge is 2.58. The topological polar surface area (TPSA) is 72.8 Å². The van der Waals surface area contributed by atoms with E-state index in [1.54, 1.807) is 6.92 Å². The van der Waals surface area contributed by atoms with Crippen molar-refractivity contribution in [3.05, 3.63) is 35.4 Å². The van der Waals surface area contributed by atoms with E-state index < -0.39 is 36.0 Å². The van der Waals surface area contributed by atoms with E-state index in [0.717, 1.165) is 11.1 Å². The van der Waals surface area contributed by atoms with Gasteiger partial charge in [0.25, 0.3) is 0 Å². The van der Waals surface area contributed by atoms with Crippen molar-refractivity contribution in [2.45, 2.75) is 19.1 Å². The number of hydrogen-bond donors (Lipinski definition) is 1. The van der Waals surface area contributed by atoms with Crippen LogP contribution in [-0.4, -0.2) is 23.7 Å². The molecule has 2 aliphatic heterocycles. The minimum Gasteiger partial charge on any atom is -0.481 e. The minimum absolute atomic E-state index is 0.237. The summed E-state index contributed by atoms with van der Waals surface area (Å²) in [7, 11) is 0. The molecule has 0 amide bonds. The lowest BCUT2D eigenvalue weighted by atomic mass is 9.76. The molecule has 5 heteroatoms. The Bertz CT molecular complexity index is 538. The van der Waals surface area contributed by atoms with Crippen molar-refractivity contribution >= 4 is 11.9 Å². The van der Waals surface area contributed by atoms with E-state index >= 15 is 0 Å². The van der Waals surface area contributed by atoms with Gasteiger partial charge in [-0.2, -0.15) is 0 Å². The summed E-state index contributed by atoms with van der Waals surface area (Å²) in [5.74, 6) is -3.12. The zero-order chi connectivity index (χ0) is 13.6. The van der Waals surface area contributed by atoms with Crippen molar-refractivity contribution in [2.24, 2.45) is 11.8 Å². The number of fused-ring (bicyclic) bond motifs is 5. The van der Waals surface area contributed by atoms with Gasteiger partial charge < -0.3 is 14.6 Å². The van der Waals surface area contributed by atoms with Crippen molar-refractivity contribution in [3.8, 4) is 0 Å². The monoisotopic (exact) mass is 262 g/mol.